The Morgan fingerprint density at radius 3 is 1.70 bits per heavy atom. The molecule has 0 aromatic carbocycles. The number of aliphatic imine (C=N–C) groups is 2. The fourth-order valence-corrected chi connectivity index (χ4v) is 4.67. The SMILES string of the molecule is CCCCC(C)OC(=O)[C@H]1COC(C2(C3=N[C@@H](C(=O)OC(C)CCCC)CO3)CCCC2)=N1. The van der Waals surface area contributed by atoms with Gasteiger partial charge in [0.2, 0.25) is 0 Å². The molecule has 4 atom stereocenters. The number of unbranched alkanes of at least 4 members (excludes halogenated alkanes) is 2. The van der Waals surface area contributed by atoms with Gasteiger partial charge in [0.1, 0.15) is 18.6 Å². The van der Waals surface area contributed by atoms with Crippen LogP contribution in [0.2, 0.25) is 0 Å². The van der Waals surface area contributed by atoms with Crippen molar-refractivity contribution in [2.24, 2.45) is 15.4 Å². The molecule has 0 bridgehead atoms. The van der Waals surface area contributed by atoms with Crippen molar-refractivity contribution in [3.63, 3.8) is 0 Å². The minimum Gasteiger partial charge on any atom is -0.477 e. The van der Waals surface area contributed by atoms with Gasteiger partial charge >= 0.3 is 11.9 Å². The lowest BCUT2D eigenvalue weighted by molar-refractivity contribution is -0.151. The molecule has 0 radical (unpaired) electrons. The molecule has 0 aromatic heterocycles. The molecule has 0 aromatic rings. The molecule has 186 valence electrons. The van der Waals surface area contributed by atoms with Crippen LogP contribution in [0.3, 0.4) is 0 Å². The molecular weight excluding hydrogens is 424 g/mol. The lowest BCUT2D eigenvalue weighted by Gasteiger charge is -2.26. The Bertz CT molecular complexity index is 687. The van der Waals surface area contributed by atoms with Crippen LogP contribution in [-0.4, -0.2) is 61.2 Å². The molecule has 0 spiro atoms. The third-order valence-electron chi connectivity index (χ3n) is 6.69. The molecule has 0 saturated heterocycles. The number of carbonyl (C=O) groups is 2. The Balaban J connectivity index is 1.66. The van der Waals surface area contributed by atoms with Gasteiger partial charge < -0.3 is 18.9 Å². The summed E-state index contributed by atoms with van der Waals surface area (Å²) < 4.78 is 23.0. The summed E-state index contributed by atoms with van der Waals surface area (Å²) in [5.41, 5.74) is -0.605. The van der Waals surface area contributed by atoms with E-state index < -0.39 is 17.5 Å². The molecule has 2 aliphatic heterocycles. The van der Waals surface area contributed by atoms with Crippen LogP contribution < -0.4 is 0 Å². The highest BCUT2D eigenvalue weighted by Crippen LogP contribution is 2.44. The first-order valence-corrected chi connectivity index (χ1v) is 12.7. The van der Waals surface area contributed by atoms with E-state index in [2.05, 4.69) is 23.8 Å². The van der Waals surface area contributed by atoms with E-state index >= 15 is 0 Å². The average molecular weight is 465 g/mol. The summed E-state index contributed by atoms with van der Waals surface area (Å²) in [6.45, 7) is 8.39. The molecular formula is C25H40N2O6. The van der Waals surface area contributed by atoms with Crippen molar-refractivity contribution >= 4 is 23.7 Å². The first kappa shape index (κ1) is 25.5. The van der Waals surface area contributed by atoms with Crippen LogP contribution >= 0.6 is 0 Å². The van der Waals surface area contributed by atoms with Crippen molar-refractivity contribution < 1.29 is 28.5 Å². The second-order valence-corrected chi connectivity index (χ2v) is 9.59. The highest BCUT2D eigenvalue weighted by atomic mass is 16.6. The van der Waals surface area contributed by atoms with Gasteiger partial charge in [-0.25, -0.2) is 19.6 Å². The number of hydrogen-bond acceptors (Lipinski definition) is 8. The summed E-state index contributed by atoms with van der Waals surface area (Å²) in [5, 5.41) is 0. The van der Waals surface area contributed by atoms with Gasteiger partial charge in [-0.3, -0.25) is 0 Å². The summed E-state index contributed by atoms with van der Waals surface area (Å²) in [6, 6.07) is -1.33. The molecule has 2 heterocycles. The minimum absolute atomic E-state index is 0.133. The van der Waals surface area contributed by atoms with Gasteiger partial charge in [0.05, 0.1) is 12.2 Å². The van der Waals surface area contributed by atoms with Gasteiger partial charge in [-0.2, -0.15) is 0 Å². The predicted molar refractivity (Wildman–Crippen MR) is 125 cm³/mol. The maximum Gasteiger partial charge on any atom is 0.334 e. The highest BCUT2D eigenvalue weighted by molar-refractivity contribution is 6.08. The van der Waals surface area contributed by atoms with Gasteiger partial charge in [-0.15, -0.1) is 0 Å². The topological polar surface area (TPSA) is 95.8 Å². The molecule has 8 nitrogen and oxygen atoms in total. The van der Waals surface area contributed by atoms with Gasteiger partial charge in [0, 0.05) is 0 Å². The third kappa shape index (κ3) is 6.27. The van der Waals surface area contributed by atoms with Crippen LogP contribution in [0.5, 0.6) is 0 Å². The molecule has 0 N–H and O–H groups in total. The van der Waals surface area contributed by atoms with Crippen molar-refractivity contribution in [3.05, 3.63) is 0 Å². The monoisotopic (exact) mass is 464 g/mol. The zero-order valence-corrected chi connectivity index (χ0v) is 20.6. The van der Waals surface area contributed by atoms with E-state index in [9.17, 15) is 9.59 Å². The molecule has 1 saturated carbocycles. The lowest BCUT2D eigenvalue weighted by atomic mass is 9.85. The number of esters is 2. The van der Waals surface area contributed by atoms with E-state index in [0.717, 1.165) is 64.2 Å². The minimum atomic E-state index is -0.663. The zero-order valence-electron chi connectivity index (χ0n) is 20.6. The van der Waals surface area contributed by atoms with Gasteiger partial charge in [-0.1, -0.05) is 52.4 Å². The van der Waals surface area contributed by atoms with Crippen LogP contribution in [0.15, 0.2) is 9.98 Å². The standard InChI is InChI=1S/C25H40N2O6/c1-5-7-11-17(3)32-21(28)19-15-30-23(26-19)25(13-9-10-14-25)24-27-20(16-31-24)22(29)33-18(4)12-8-6-2/h17-20H,5-16H2,1-4H3/t17?,18?,19-,20-/m1/s1. The summed E-state index contributed by atoms with van der Waals surface area (Å²) in [6.07, 6.45) is 9.09. The molecule has 3 aliphatic rings. The van der Waals surface area contributed by atoms with E-state index in [4.69, 9.17) is 18.9 Å². The average Bonchev–Trinajstić information content (AvgIpc) is 3.55. The first-order valence-electron chi connectivity index (χ1n) is 12.7. The van der Waals surface area contributed by atoms with Gasteiger partial charge in [0.25, 0.3) is 0 Å². The lowest BCUT2D eigenvalue weighted by Crippen LogP contribution is -2.37. The number of nitrogens with zero attached hydrogens (tertiary/aromatic N) is 2. The van der Waals surface area contributed by atoms with E-state index in [1.165, 1.54) is 0 Å². The Morgan fingerprint density at radius 1 is 0.879 bits per heavy atom. The van der Waals surface area contributed by atoms with Gasteiger partial charge in [-0.05, 0) is 39.5 Å². The highest BCUT2D eigenvalue weighted by Gasteiger charge is 2.52. The number of carbonyl (C=O) groups excluding carboxylic acids is 2. The van der Waals surface area contributed by atoms with E-state index in [-0.39, 0.29) is 37.4 Å². The Kier molecular flexibility index (Phi) is 9.15. The third-order valence-corrected chi connectivity index (χ3v) is 6.69. The molecule has 1 aliphatic carbocycles. The van der Waals surface area contributed by atoms with Crippen molar-refractivity contribution in [2.45, 2.75) is 116 Å². The Morgan fingerprint density at radius 2 is 1.30 bits per heavy atom. The number of hydrogen-bond donors (Lipinski definition) is 0. The largest absolute Gasteiger partial charge is 0.477 e. The van der Waals surface area contributed by atoms with Crippen LogP contribution in [0.1, 0.15) is 91.9 Å². The maximum absolute atomic E-state index is 12.6. The predicted octanol–water partition coefficient (Wildman–Crippen LogP) is 4.39. The van der Waals surface area contributed by atoms with Crippen LogP contribution in [0, 0.1) is 5.41 Å². The van der Waals surface area contributed by atoms with Crippen LogP contribution in [0.4, 0.5) is 0 Å². The molecule has 1 fully saturated rings. The smallest absolute Gasteiger partial charge is 0.334 e. The van der Waals surface area contributed by atoms with Crippen molar-refractivity contribution in [2.75, 3.05) is 13.2 Å². The summed E-state index contributed by atoms with van der Waals surface area (Å²) in [7, 11) is 0. The van der Waals surface area contributed by atoms with Crippen molar-refractivity contribution in [3.8, 4) is 0 Å². The second kappa shape index (κ2) is 11.8. The van der Waals surface area contributed by atoms with Crippen molar-refractivity contribution in [1.29, 1.82) is 0 Å². The van der Waals surface area contributed by atoms with Crippen molar-refractivity contribution in [1.82, 2.24) is 0 Å². The fourth-order valence-electron chi connectivity index (χ4n) is 4.67. The maximum atomic E-state index is 12.6. The summed E-state index contributed by atoms with van der Waals surface area (Å²) in [4.78, 5) is 34.4. The molecule has 8 heteroatoms. The molecule has 33 heavy (non-hydrogen) atoms. The fraction of sp³-hybridized carbons (Fsp3) is 0.840. The number of ether oxygens (including phenoxy) is 4. The van der Waals surface area contributed by atoms with E-state index in [1.807, 2.05) is 13.8 Å². The number of rotatable bonds is 12. The van der Waals surface area contributed by atoms with Crippen LogP contribution in [0.25, 0.3) is 0 Å². The van der Waals surface area contributed by atoms with E-state index in [1.54, 1.807) is 0 Å². The zero-order chi connectivity index (χ0) is 23.8. The Hall–Kier alpha value is -2.12. The van der Waals surface area contributed by atoms with Gasteiger partial charge in [0.15, 0.2) is 23.9 Å². The normalized spacial score (nSPS) is 25.5. The Labute approximate surface area is 197 Å². The quantitative estimate of drug-likeness (QED) is 0.398. The first-order chi connectivity index (χ1) is 15.9. The molecule has 2 unspecified atom stereocenters. The molecule has 0 amide bonds. The summed E-state index contributed by atoms with van der Waals surface area (Å²) >= 11 is 0. The summed E-state index contributed by atoms with van der Waals surface area (Å²) in [5.74, 6) is 0.289. The van der Waals surface area contributed by atoms with E-state index in [0.29, 0.717) is 11.8 Å². The van der Waals surface area contributed by atoms with Crippen LogP contribution in [-0.2, 0) is 28.5 Å². The second-order valence-electron chi connectivity index (χ2n) is 9.59. The molecule has 3 rings (SSSR count).